The van der Waals surface area contributed by atoms with Crippen LogP contribution in [-0.4, -0.2) is 45.0 Å². The number of piperidine rings is 1. The summed E-state index contributed by atoms with van der Waals surface area (Å²) >= 11 is 0. The Bertz CT molecular complexity index is 556. The van der Waals surface area contributed by atoms with Crippen LogP contribution in [0.25, 0.3) is 0 Å². The topological polar surface area (TPSA) is 59.9 Å². The standard InChI is InChI=1S/C16H21NO3.C5H11N/c1-11-8-9-17-10-15(11)20-16(18)12(2)13-4-6-14(19-3)7-5-13;1-2-4-6-5-3-1/h4-7,9,11-12,15H,8,10H2,1-3H3;6H,1-5H2/t11?,12?,15-;/m0./s1. The number of hydrogen-bond donors (Lipinski definition) is 1. The van der Waals surface area contributed by atoms with Crippen LogP contribution in [0.1, 0.15) is 51.0 Å². The average Bonchev–Trinajstić information content (AvgIpc) is 2.71. The van der Waals surface area contributed by atoms with Gasteiger partial charge in [-0.1, -0.05) is 25.5 Å². The summed E-state index contributed by atoms with van der Waals surface area (Å²) in [5.74, 6) is 0.646. The lowest BCUT2D eigenvalue weighted by Crippen LogP contribution is -2.32. The molecule has 2 unspecified atom stereocenters. The average molecular weight is 360 g/mol. The highest BCUT2D eigenvalue weighted by atomic mass is 16.5. The van der Waals surface area contributed by atoms with E-state index in [0.29, 0.717) is 12.5 Å². The number of methoxy groups -OCH3 is 1. The van der Waals surface area contributed by atoms with Crippen LogP contribution in [0.5, 0.6) is 5.75 Å². The number of rotatable bonds is 4. The van der Waals surface area contributed by atoms with Crippen LogP contribution in [0.3, 0.4) is 0 Å². The Morgan fingerprint density at radius 3 is 2.38 bits per heavy atom. The largest absolute Gasteiger partial charge is 0.497 e. The summed E-state index contributed by atoms with van der Waals surface area (Å²) in [5.41, 5.74) is 0.933. The van der Waals surface area contributed by atoms with Crippen molar-refractivity contribution in [3.8, 4) is 5.75 Å². The highest BCUT2D eigenvalue weighted by Crippen LogP contribution is 2.23. The molecule has 0 radical (unpaired) electrons. The van der Waals surface area contributed by atoms with Crippen LogP contribution in [-0.2, 0) is 9.53 Å². The number of nitrogens with one attached hydrogen (secondary N) is 1. The maximum atomic E-state index is 12.2. The molecule has 5 nitrogen and oxygen atoms in total. The van der Waals surface area contributed by atoms with Crippen LogP contribution in [0.4, 0.5) is 0 Å². The number of ether oxygens (including phenoxy) is 2. The van der Waals surface area contributed by atoms with Crippen molar-refractivity contribution in [1.29, 1.82) is 0 Å². The van der Waals surface area contributed by atoms with Gasteiger partial charge in [0.2, 0.25) is 0 Å². The zero-order chi connectivity index (χ0) is 18.8. The van der Waals surface area contributed by atoms with E-state index in [1.54, 1.807) is 7.11 Å². The lowest BCUT2D eigenvalue weighted by molar-refractivity contribution is -0.152. The summed E-state index contributed by atoms with van der Waals surface area (Å²) in [6, 6.07) is 7.50. The predicted octanol–water partition coefficient (Wildman–Crippen LogP) is 3.58. The molecule has 2 aliphatic rings. The first kappa shape index (κ1) is 20.4. The van der Waals surface area contributed by atoms with Gasteiger partial charge in [0.25, 0.3) is 0 Å². The van der Waals surface area contributed by atoms with E-state index in [-0.39, 0.29) is 18.0 Å². The first-order valence-electron chi connectivity index (χ1n) is 9.65. The highest BCUT2D eigenvalue weighted by molar-refractivity contribution is 5.78. The van der Waals surface area contributed by atoms with Crippen LogP contribution in [0.15, 0.2) is 29.3 Å². The summed E-state index contributed by atoms with van der Waals surface area (Å²) in [7, 11) is 1.62. The monoisotopic (exact) mass is 360 g/mol. The molecule has 1 aromatic rings. The Morgan fingerprint density at radius 2 is 1.88 bits per heavy atom. The van der Waals surface area contributed by atoms with E-state index in [1.165, 1.54) is 32.4 Å². The van der Waals surface area contributed by atoms with E-state index < -0.39 is 0 Å². The number of benzene rings is 1. The van der Waals surface area contributed by atoms with Gasteiger partial charge in [-0.2, -0.15) is 0 Å². The van der Waals surface area contributed by atoms with Crippen molar-refractivity contribution < 1.29 is 14.3 Å². The number of esters is 1. The lowest BCUT2D eigenvalue weighted by atomic mass is 9.98. The molecular formula is C21H32N2O3. The molecule has 1 fully saturated rings. The molecule has 0 aromatic heterocycles. The molecule has 0 aliphatic carbocycles. The van der Waals surface area contributed by atoms with Crippen molar-refractivity contribution >= 4 is 12.2 Å². The van der Waals surface area contributed by atoms with E-state index in [1.807, 2.05) is 37.4 Å². The van der Waals surface area contributed by atoms with Gasteiger partial charge in [-0.3, -0.25) is 9.79 Å². The summed E-state index contributed by atoms with van der Waals surface area (Å²) in [6.07, 6.45) is 6.89. The number of nitrogens with zero attached hydrogens (tertiary/aromatic N) is 1. The van der Waals surface area contributed by atoms with Gasteiger partial charge in [-0.25, -0.2) is 0 Å². The second-order valence-corrected chi connectivity index (χ2v) is 7.04. The minimum absolute atomic E-state index is 0.104. The Balaban J connectivity index is 0.000000342. The van der Waals surface area contributed by atoms with Crippen LogP contribution in [0, 0.1) is 5.92 Å². The molecule has 1 saturated heterocycles. The van der Waals surface area contributed by atoms with Gasteiger partial charge in [-0.15, -0.1) is 0 Å². The third-order valence-corrected chi connectivity index (χ3v) is 4.97. The lowest BCUT2D eigenvalue weighted by Gasteiger charge is -2.26. The Hall–Kier alpha value is -1.88. The van der Waals surface area contributed by atoms with Crippen molar-refractivity contribution in [2.75, 3.05) is 26.7 Å². The van der Waals surface area contributed by atoms with Gasteiger partial charge in [-0.05, 0) is 69.1 Å². The first-order chi connectivity index (χ1) is 12.6. The Labute approximate surface area is 157 Å². The van der Waals surface area contributed by atoms with Gasteiger partial charge in [0.1, 0.15) is 11.9 Å². The molecular weight excluding hydrogens is 328 g/mol. The zero-order valence-electron chi connectivity index (χ0n) is 16.2. The molecule has 0 saturated carbocycles. The fraction of sp³-hybridized carbons (Fsp3) is 0.619. The molecule has 0 bridgehead atoms. The predicted molar refractivity (Wildman–Crippen MR) is 105 cm³/mol. The van der Waals surface area contributed by atoms with Gasteiger partial charge < -0.3 is 14.8 Å². The van der Waals surface area contributed by atoms with Crippen LogP contribution >= 0.6 is 0 Å². The molecule has 1 N–H and O–H groups in total. The molecule has 3 rings (SSSR count). The van der Waals surface area contributed by atoms with Gasteiger partial charge in [0, 0.05) is 0 Å². The molecule has 26 heavy (non-hydrogen) atoms. The summed E-state index contributed by atoms with van der Waals surface area (Å²) in [4.78, 5) is 16.4. The summed E-state index contributed by atoms with van der Waals surface area (Å²) in [6.45, 7) is 7.02. The van der Waals surface area contributed by atoms with Crippen molar-refractivity contribution in [2.24, 2.45) is 10.9 Å². The smallest absolute Gasteiger partial charge is 0.313 e. The Morgan fingerprint density at radius 1 is 1.19 bits per heavy atom. The van der Waals surface area contributed by atoms with Gasteiger partial charge >= 0.3 is 5.97 Å². The number of hydrogen-bond acceptors (Lipinski definition) is 5. The fourth-order valence-corrected chi connectivity index (χ4v) is 2.99. The quantitative estimate of drug-likeness (QED) is 0.834. The maximum Gasteiger partial charge on any atom is 0.313 e. The molecule has 5 heteroatoms. The minimum Gasteiger partial charge on any atom is -0.497 e. The number of carbonyl (C=O) groups is 1. The molecule has 1 aromatic carbocycles. The van der Waals surface area contributed by atoms with Gasteiger partial charge in [0.05, 0.1) is 19.6 Å². The van der Waals surface area contributed by atoms with Gasteiger partial charge in [0.15, 0.2) is 0 Å². The molecule has 2 aliphatic heterocycles. The third kappa shape index (κ3) is 6.45. The third-order valence-electron chi connectivity index (χ3n) is 4.97. The molecule has 2 heterocycles. The maximum absolute atomic E-state index is 12.2. The second-order valence-electron chi connectivity index (χ2n) is 7.04. The van der Waals surface area contributed by atoms with Crippen LogP contribution in [0.2, 0.25) is 0 Å². The second kappa shape index (κ2) is 11.0. The van der Waals surface area contributed by atoms with Crippen molar-refractivity contribution in [2.45, 2.75) is 51.6 Å². The summed E-state index contributed by atoms with van der Waals surface area (Å²) < 4.78 is 10.7. The van der Waals surface area contributed by atoms with E-state index >= 15 is 0 Å². The van der Waals surface area contributed by atoms with Crippen molar-refractivity contribution in [1.82, 2.24) is 5.32 Å². The highest BCUT2D eigenvalue weighted by Gasteiger charge is 2.26. The first-order valence-corrected chi connectivity index (χ1v) is 9.65. The molecule has 0 amide bonds. The number of carbonyl (C=O) groups excluding carboxylic acids is 1. The van der Waals surface area contributed by atoms with E-state index in [4.69, 9.17) is 9.47 Å². The zero-order valence-corrected chi connectivity index (χ0v) is 16.2. The van der Waals surface area contributed by atoms with E-state index in [0.717, 1.165) is 17.7 Å². The van der Waals surface area contributed by atoms with Crippen molar-refractivity contribution in [3.05, 3.63) is 29.8 Å². The summed E-state index contributed by atoms with van der Waals surface area (Å²) in [5, 5.41) is 3.28. The van der Waals surface area contributed by atoms with E-state index in [9.17, 15) is 4.79 Å². The Kier molecular flexibility index (Phi) is 8.62. The molecule has 0 spiro atoms. The normalized spacial score (nSPS) is 23.3. The minimum atomic E-state index is -0.279. The SMILES string of the molecule is C1CCNCC1.COc1ccc(C(C)C(=O)O[C@H]2CN=CCC2C)cc1. The number of aliphatic imine (C=N–C) groups is 1. The molecule has 3 atom stereocenters. The van der Waals surface area contributed by atoms with Crippen molar-refractivity contribution in [3.63, 3.8) is 0 Å². The van der Waals surface area contributed by atoms with Crippen LogP contribution < -0.4 is 10.1 Å². The van der Waals surface area contributed by atoms with E-state index in [2.05, 4.69) is 17.2 Å². The fourth-order valence-electron chi connectivity index (χ4n) is 2.99. The molecule has 144 valence electrons.